The minimum Gasteiger partial charge on any atom is -0.120 e. The summed E-state index contributed by atoms with van der Waals surface area (Å²) >= 11 is 0. The summed E-state index contributed by atoms with van der Waals surface area (Å²) in [6.45, 7) is 4.90. The maximum absolute atomic E-state index is 4.66. The quantitative estimate of drug-likeness (QED) is 0.397. The van der Waals surface area contributed by atoms with Gasteiger partial charge in [0.15, 0.2) is 0 Å². The van der Waals surface area contributed by atoms with Gasteiger partial charge in [0.1, 0.15) is 0 Å². The Morgan fingerprint density at radius 3 is 1.71 bits per heavy atom. The van der Waals surface area contributed by atoms with Gasteiger partial charge in [-0.25, -0.2) is 0 Å². The van der Waals surface area contributed by atoms with Gasteiger partial charge in [0, 0.05) is 0 Å². The van der Waals surface area contributed by atoms with E-state index in [4.69, 9.17) is 0 Å². The Hall–Kier alpha value is -1.14. The third-order valence-corrected chi connectivity index (χ3v) is 0.118. The molecule has 0 spiro atoms. The number of allylic oxidation sites excluding steroid dienone is 1. The number of hydrogen-bond donors (Lipinski definition) is 0. The fourth-order valence-electron chi connectivity index (χ4n) is 0. The van der Waals surface area contributed by atoms with E-state index in [2.05, 4.69) is 31.3 Å². The Morgan fingerprint density at radius 2 is 1.71 bits per heavy atom. The van der Waals surface area contributed by atoms with Crippen LogP contribution in [0.3, 0.4) is 0 Å². The second-order valence-electron chi connectivity index (χ2n) is 0.659. The summed E-state index contributed by atoms with van der Waals surface area (Å²) in [4.78, 5) is 0. The largest absolute Gasteiger partial charge is 0.120 e. The van der Waals surface area contributed by atoms with Gasteiger partial charge in [-0.05, 0) is 13.0 Å². The van der Waals surface area contributed by atoms with Gasteiger partial charge in [-0.3, -0.25) is 0 Å². The Labute approximate surface area is 45.2 Å². The van der Waals surface area contributed by atoms with Crippen LogP contribution in [0.1, 0.15) is 6.92 Å². The van der Waals surface area contributed by atoms with Crippen LogP contribution in [0.15, 0.2) is 12.7 Å². The first kappa shape index (κ1) is 9.29. The van der Waals surface area contributed by atoms with E-state index in [1.54, 1.807) is 6.92 Å². The van der Waals surface area contributed by atoms with Crippen molar-refractivity contribution in [1.29, 1.82) is 0 Å². The van der Waals surface area contributed by atoms with Crippen LogP contribution < -0.4 is 0 Å². The SMILES string of the molecule is C#CC.C#CC=C. The highest BCUT2D eigenvalue weighted by Crippen LogP contribution is 1.41. The van der Waals surface area contributed by atoms with Crippen LogP contribution in [-0.4, -0.2) is 0 Å². The summed E-state index contributed by atoms with van der Waals surface area (Å²) in [7, 11) is 0. The van der Waals surface area contributed by atoms with E-state index in [0.29, 0.717) is 0 Å². The third kappa shape index (κ3) is 2030. The molecule has 0 rings (SSSR count). The summed E-state index contributed by atoms with van der Waals surface area (Å²) in [5.41, 5.74) is 0. The van der Waals surface area contributed by atoms with Crippen molar-refractivity contribution in [3.8, 4) is 24.7 Å². The lowest BCUT2D eigenvalue weighted by molar-refractivity contribution is 1.94. The zero-order chi connectivity index (χ0) is 6.12. The van der Waals surface area contributed by atoms with Crippen molar-refractivity contribution in [3.05, 3.63) is 12.7 Å². The average Bonchev–Trinajstić information content (AvgIpc) is 1.69. The molecule has 0 unspecified atom stereocenters. The topological polar surface area (TPSA) is 0 Å². The lowest BCUT2D eigenvalue weighted by Crippen LogP contribution is -1.24. The molecule has 36 valence electrons. The molecule has 0 amide bonds. The molecule has 0 aliphatic carbocycles. The van der Waals surface area contributed by atoms with Crippen LogP contribution in [0.5, 0.6) is 0 Å². The van der Waals surface area contributed by atoms with Crippen LogP contribution in [0, 0.1) is 24.7 Å². The van der Waals surface area contributed by atoms with Crippen LogP contribution in [-0.2, 0) is 0 Å². The molecular weight excluding hydrogens is 84.1 g/mol. The lowest BCUT2D eigenvalue weighted by atomic mass is 10.7. The molecule has 0 radical (unpaired) electrons. The van der Waals surface area contributed by atoms with E-state index in [9.17, 15) is 0 Å². The summed E-state index contributed by atoms with van der Waals surface area (Å²) < 4.78 is 0. The summed E-state index contributed by atoms with van der Waals surface area (Å²) in [6, 6.07) is 0. The summed E-state index contributed by atoms with van der Waals surface area (Å²) in [5.74, 6) is 4.44. The van der Waals surface area contributed by atoms with E-state index in [-0.39, 0.29) is 0 Å². The van der Waals surface area contributed by atoms with E-state index in [1.807, 2.05) is 0 Å². The smallest absolute Gasteiger partial charge is 0.00297 e. The highest BCUT2D eigenvalue weighted by atomic mass is 13.3. The molecular formula is C7H8. The monoisotopic (exact) mass is 92.1 g/mol. The van der Waals surface area contributed by atoms with Crippen molar-refractivity contribution in [2.45, 2.75) is 6.92 Å². The molecule has 0 aliphatic rings. The van der Waals surface area contributed by atoms with E-state index in [0.717, 1.165) is 0 Å². The molecule has 0 heterocycles. The molecule has 0 aromatic carbocycles. The molecule has 0 aromatic heterocycles. The molecule has 0 fully saturated rings. The Bertz CT molecular complexity index is 96.2. The van der Waals surface area contributed by atoms with E-state index in [1.165, 1.54) is 6.08 Å². The molecule has 0 aliphatic heterocycles. The van der Waals surface area contributed by atoms with Crippen molar-refractivity contribution in [3.63, 3.8) is 0 Å². The normalized spacial score (nSPS) is 3.29. The van der Waals surface area contributed by atoms with Gasteiger partial charge in [0.2, 0.25) is 0 Å². The molecule has 0 heteroatoms. The number of rotatable bonds is 0. The highest BCUT2D eigenvalue weighted by Gasteiger charge is 1.26. The van der Waals surface area contributed by atoms with Crippen LogP contribution in [0.4, 0.5) is 0 Å². The van der Waals surface area contributed by atoms with Crippen LogP contribution >= 0.6 is 0 Å². The summed E-state index contributed by atoms with van der Waals surface area (Å²) in [5, 5.41) is 0. The van der Waals surface area contributed by atoms with Crippen LogP contribution in [0.2, 0.25) is 0 Å². The van der Waals surface area contributed by atoms with Crippen molar-refractivity contribution < 1.29 is 0 Å². The third-order valence-electron chi connectivity index (χ3n) is 0.118. The second kappa shape index (κ2) is 20.9. The minimum atomic E-state index is 1.40. The van der Waals surface area contributed by atoms with Crippen molar-refractivity contribution >= 4 is 0 Å². The van der Waals surface area contributed by atoms with Crippen molar-refractivity contribution in [2.24, 2.45) is 0 Å². The van der Waals surface area contributed by atoms with Gasteiger partial charge < -0.3 is 0 Å². The van der Waals surface area contributed by atoms with Crippen LogP contribution in [0.25, 0.3) is 0 Å². The van der Waals surface area contributed by atoms with Gasteiger partial charge >= 0.3 is 0 Å². The molecule has 0 N–H and O–H groups in total. The minimum absolute atomic E-state index is 1.40. The van der Waals surface area contributed by atoms with Gasteiger partial charge in [0.05, 0.1) is 0 Å². The number of terminal acetylenes is 2. The standard InChI is InChI=1S/C4H4.C3H4/c1-3-4-2;1-3-2/h1,4H,2H2;1H,2H3. The van der Waals surface area contributed by atoms with Gasteiger partial charge in [-0.15, -0.1) is 18.8 Å². The maximum atomic E-state index is 4.66. The van der Waals surface area contributed by atoms with Crippen molar-refractivity contribution in [2.75, 3.05) is 0 Å². The Morgan fingerprint density at radius 1 is 1.57 bits per heavy atom. The Kier molecular flexibility index (Phi) is 27.8. The average molecular weight is 92.1 g/mol. The lowest BCUT2D eigenvalue weighted by Gasteiger charge is -1.38. The first-order valence-corrected chi connectivity index (χ1v) is 1.77. The molecule has 7 heavy (non-hydrogen) atoms. The van der Waals surface area contributed by atoms with Gasteiger partial charge in [-0.1, -0.05) is 12.5 Å². The molecule has 0 atom stereocenters. The molecule has 0 bridgehead atoms. The maximum Gasteiger partial charge on any atom is -0.00297 e. The second-order valence-corrected chi connectivity index (χ2v) is 0.659. The predicted molar refractivity (Wildman–Crippen MR) is 33.5 cm³/mol. The van der Waals surface area contributed by atoms with Crippen molar-refractivity contribution in [1.82, 2.24) is 0 Å². The molecule has 0 aromatic rings. The molecule has 0 nitrogen and oxygen atoms in total. The first-order chi connectivity index (χ1) is 3.33. The van der Waals surface area contributed by atoms with Gasteiger partial charge in [0.25, 0.3) is 0 Å². The molecule has 0 saturated heterocycles. The van der Waals surface area contributed by atoms with Gasteiger partial charge in [-0.2, -0.15) is 0 Å². The fraction of sp³-hybridized carbons (Fsp3) is 0.143. The predicted octanol–water partition coefficient (Wildman–Crippen LogP) is 1.45. The zero-order valence-electron chi connectivity index (χ0n) is 4.44. The highest BCUT2D eigenvalue weighted by molar-refractivity contribution is 5.03. The van der Waals surface area contributed by atoms with E-state index < -0.39 is 0 Å². The zero-order valence-corrected chi connectivity index (χ0v) is 4.44. The van der Waals surface area contributed by atoms with E-state index >= 15 is 0 Å². The fourth-order valence-corrected chi connectivity index (χ4v) is 0. The first-order valence-electron chi connectivity index (χ1n) is 1.77. The summed E-state index contributed by atoms with van der Waals surface area (Å²) in [6.07, 6.45) is 10.7. The Balaban J connectivity index is 0. The number of hydrogen-bond acceptors (Lipinski definition) is 0. The molecule has 0 saturated carbocycles.